The summed E-state index contributed by atoms with van der Waals surface area (Å²) < 4.78 is 9.61. The average Bonchev–Trinajstić information content (AvgIpc) is 3.67. The molecule has 37 heavy (non-hydrogen) atoms. The number of nitrogens with one attached hydrogen (secondary N) is 1. The maximum Gasteiger partial charge on any atom is 0.318 e. The van der Waals surface area contributed by atoms with E-state index in [0.29, 0.717) is 18.8 Å². The lowest BCUT2D eigenvalue weighted by Gasteiger charge is -2.31. The van der Waals surface area contributed by atoms with E-state index >= 15 is 0 Å². The second-order valence-electron chi connectivity index (χ2n) is 8.98. The SMILES string of the molecule is CSc1ccc(C2c3cccn3-c3c(c(C)nn3-c3ccccc3)CN2C(=O)NCc2ccco2)cc1. The van der Waals surface area contributed by atoms with Gasteiger partial charge in [-0.2, -0.15) is 5.10 Å². The number of benzene rings is 2. The zero-order valence-electron chi connectivity index (χ0n) is 20.7. The van der Waals surface area contributed by atoms with E-state index in [0.717, 1.165) is 34.0 Å². The predicted octanol–water partition coefficient (Wildman–Crippen LogP) is 6.10. The Morgan fingerprint density at radius 2 is 1.86 bits per heavy atom. The highest BCUT2D eigenvalue weighted by atomic mass is 32.2. The van der Waals surface area contributed by atoms with Gasteiger partial charge in [-0.15, -0.1) is 11.8 Å². The van der Waals surface area contributed by atoms with Gasteiger partial charge in [0, 0.05) is 16.7 Å². The fourth-order valence-electron chi connectivity index (χ4n) is 4.96. The third kappa shape index (κ3) is 4.23. The molecule has 8 heteroatoms. The molecule has 3 aromatic heterocycles. The minimum atomic E-state index is -0.293. The minimum Gasteiger partial charge on any atom is -0.467 e. The maximum absolute atomic E-state index is 13.8. The summed E-state index contributed by atoms with van der Waals surface area (Å²) in [7, 11) is 0. The highest BCUT2D eigenvalue weighted by Gasteiger charge is 2.36. The highest BCUT2D eigenvalue weighted by molar-refractivity contribution is 7.98. The largest absolute Gasteiger partial charge is 0.467 e. The van der Waals surface area contributed by atoms with Gasteiger partial charge in [0.2, 0.25) is 0 Å². The summed E-state index contributed by atoms with van der Waals surface area (Å²) in [6, 6.07) is 25.9. The van der Waals surface area contributed by atoms with Gasteiger partial charge >= 0.3 is 6.03 Å². The van der Waals surface area contributed by atoms with Crippen LogP contribution in [-0.4, -0.2) is 31.5 Å². The molecule has 1 aliphatic rings. The molecule has 6 rings (SSSR count). The molecular formula is C29H27N5O2S. The summed E-state index contributed by atoms with van der Waals surface area (Å²) in [6.45, 7) is 2.74. The van der Waals surface area contributed by atoms with Crippen LogP contribution in [0.3, 0.4) is 0 Å². The minimum absolute atomic E-state index is 0.164. The number of amides is 2. The summed E-state index contributed by atoms with van der Waals surface area (Å²) >= 11 is 1.70. The van der Waals surface area contributed by atoms with Crippen LogP contribution >= 0.6 is 11.8 Å². The molecule has 2 aromatic carbocycles. The second kappa shape index (κ2) is 9.71. The van der Waals surface area contributed by atoms with Crippen molar-refractivity contribution in [2.75, 3.05) is 6.26 Å². The number of rotatable bonds is 5. The topological polar surface area (TPSA) is 68.2 Å². The summed E-state index contributed by atoms with van der Waals surface area (Å²) in [5.74, 6) is 1.66. The van der Waals surface area contributed by atoms with Crippen LogP contribution in [0.25, 0.3) is 11.5 Å². The molecule has 0 radical (unpaired) electrons. The number of fused-ring (bicyclic) bond motifs is 3. The quantitative estimate of drug-likeness (QED) is 0.291. The van der Waals surface area contributed by atoms with E-state index in [2.05, 4.69) is 52.7 Å². The normalized spacial score (nSPS) is 14.6. The Hall–Kier alpha value is -4.17. The number of hydrogen-bond acceptors (Lipinski definition) is 4. The molecule has 0 fully saturated rings. The number of carbonyl (C=O) groups excluding carboxylic acids is 1. The van der Waals surface area contributed by atoms with Gasteiger partial charge in [0.25, 0.3) is 0 Å². The smallest absolute Gasteiger partial charge is 0.318 e. The molecular weight excluding hydrogens is 482 g/mol. The third-order valence-corrected chi connectivity index (χ3v) is 7.52. The van der Waals surface area contributed by atoms with E-state index in [4.69, 9.17) is 9.52 Å². The van der Waals surface area contributed by atoms with Gasteiger partial charge in [-0.3, -0.25) is 0 Å². The lowest BCUT2D eigenvalue weighted by Crippen LogP contribution is -2.41. The number of para-hydroxylation sites is 1. The lowest BCUT2D eigenvalue weighted by molar-refractivity contribution is 0.179. The van der Waals surface area contributed by atoms with Crippen molar-refractivity contribution in [3.05, 3.63) is 120 Å². The van der Waals surface area contributed by atoms with Crippen LogP contribution in [0.2, 0.25) is 0 Å². The Morgan fingerprint density at radius 1 is 1.05 bits per heavy atom. The fourth-order valence-corrected chi connectivity index (χ4v) is 5.37. The second-order valence-corrected chi connectivity index (χ2v) is 9.86. The van der Waals surface area contributed by atoms with Crippen LogP contribution in [0, 0.1) is 6.92 Å². The van der Waals surface area contributed by atoms with Crippen molar-refractivity contribution in [1.29, 1.82) is 0 Å². The van der Waals surface area contributed by atoms with Crippen molar-refractivity contribution < 1.29 is 9.21 Å². The van der Waals surface area contributed by atoms with Crippen LogP contribution in [0.15, 0.2) is 101 Å². The van der Waals surface area contributed by atoms with Crippen molar-refractivity contribution in [3.8, 4) is 11.5 Å². The highest BCUT2D eigenvalue weighted by Crippen LogP contribution is 2.38. The Morgan fingerprint density at radius 3 is 2.59 bits per heavy atom. The van der Waals surface area contributed by atoms with Gasteiger partial charge in [0.15, 0.2) is 0 Å². The number of urea groups is 1. The molecule has 1 N–H and O–H groups in total. The van der Waals surface area contributed by atoms with Crippen LogP contribution < -0.4 is 5.32 Å². The molecule has 0 spiro atoms. The maximum atomic E-state index is 13.8. The number of thioether (sulfide) groups is 1. The zero-order chi connectivity index (χ0) is 25.4. The molecule has 1 aliphatic heterocycles. The Kier molecular flexibility index (Phi) is 6.10. The van der Waals surface area contributed by atoms with E-state index in [1.54, 1.807) is 18.0 Å². The van der Waals surface area contributed by atoms with Gasteiger partial charge < -0.3 is 19.2 Å². The molecule has 2 amide bonds. The molecule has 7 nitrogen and oxygen atoms in total. The van der Waals surface area contributed by atoms with Crippen LogP contribution in [0.1, 0.15) is 34.3 Å². The Bertz CT molecular complexity index is 1520. The Labute approximate surface area is 219 Å². The van der Waals surface area contributed by atoms with Gasteiger partial charge in [-0.05, 0) is 67.3 Å². The van der Waals surface area contributed by atoms with Crippen molar-refractivity contribution in [2.45, 2.75) is 31.0 Å². The predicted molar refractivity (Wildman–Crippen MR) is 144 cm³/mol. The lowest BCUT2D eigenvalue weighted by atomic mass is 10.0. The number of hydrogen-bond donors (Lipinski definition) is 1. The molecule has 5 aromatic rings. The number of aryl methyl sites for hydroxylation is 1. The molecule has 0 saturated heterocycles. The molecule has 0 aliphatic carbocycles. The van der Waals surface area contributed by atoms with E-state index in [-0.39, 0.29) is 12.1 Å². The van der Waals surface area contributed by atoms with Gasteiger partial charge in [0.05, 0.1) is 42.5 Å². The molecule has 4 heterocycles. The number of furan rings is 1. The fraction of sp³-hybridized carbons (Fsp3) is 0.172. The van der Waals surface area contributed by atoms with Crippen LogP contribution in [0.4, 0.5) is 4.79 Å². The van der Waals surface area contributed by atoms with Gasteiger partial charge in [0.1, 0.15) is 11.6 Å². The zero-order valence-corrected chi connectivity index (χ0v) is 21.5. The molecule has 186 valence electrons. The number of nitrogens with zero attached hydrogens (tertiary/aromatic N) is 4. The standard InChI is InChI=1S/C29H27N5O2S/c1-20-25-19-33(29(35)30-18-23-10-7-17-36-23)27(21-12-14-24(37-2)15-13-21)26-11-6-16-32(26)28(25)34(31-20)22-8-4-3-5-9-22/h3-17,27H,18-19H2,1-2H3,(H,30,35). The Balaban J connectivity index is 1.49. The van der Waals surface area contributed by atoms with Crippen LogP contribution in [0.5, 0.6) is 0 Å². The van der Waals surface area contributed by atoms with Crippen molar-refractivity contribution in [3.63, 3.8) is 0 Å². The van der Waals surface area contributed by atoms with Crippen molar-refractivity contribution >= 4 is 17.8 Å². The van der Waals surface area contributed by atoms with Crippen LogP contribution in [-0.2, 0) is 13.1 Å². The van der Waals surface area contributed by atoms with E-state index in [1.165, 1.54) is 4.90 Å². The van der Waals surface area contributed by atoms with Crippen molar-refractivity contribution in [2.24, 2.45) is 0 Å². The molecule has 1 unspecified atom stereocenters. The molecule has 1 atom stereocenters. The summed E-state index contributed by atoms with van der Waals surface area (Å²) in [6.07, 6.45) is 5.74. The first kappa shape index (κ1) is 23.2. The number of aromatic nitrogens is 3. The third-order valence-electron chi connectivity index (χ3n) is 6.77. The van der Waals surface area contributed by atoms with Gasteiger partial charge in [-0.1, -0.05) is 30.3 Å². The van der Waals surface area contributed by atoms with E-state index in [1.807, 2.05) is 65.0 Å². The van der Waals surface area contributed by atoms with Crippen molar-refractivity contribution in [1.82, 2.24) is 24.6 Å². The summed E-state index contributed by atoms with van der Waals surface area (Å²) in [4.78, 5) is 16.9. The summed E-state index contributed by atoms with van der Waals surface area (Å²) in [5.41, 5.74) is 4.93. The average molecular weight is 510 g/mol. The van der Waals surface area contributed by atoms with Gasteiger partial charge in [-0.25, -0.2) is 9.48 Å². The molecule has 0 bridgehead atoms. The first-order valence-electron chi connectivity index (χ1n) is 12.2. The van der Waals surface area contributed by atoms with E-state index < -0.39 is 0 Å². The van der Waals surface area contributed by atoms with E-state index in [9.17, 15) is 4.79 Å². The monoisotopic (exact) mass is 509 g/mol. The summed E-state index contributed by atoms with van der Waals surface area (Å²) in [5, 5.41) is 7.97. The number of carbonyl (C=O) groups is 1. The first-order valence-corrected chi connectivity index (χ1v) is 13.4. The molecule has 0 saturated carbocycles. The first-order chi connectivity index (χ1) is 18.1.